The SMILES string of the molecule is C=C1CN(C(=C)c2ccc(-c3ccc(CCC4CCN(CC(C)(C)F)CC4)cc3)cc2)CCN1. The van der Waals surface area contributed by atoms with Crippen molar-refractivity contribution < 1.29 is 4.39 Å². The van der Waals surface area contributed by atoms with Crippen LogP contribution >= 0.6 is 0 Å². The Morgan fingerprint density at radius 3 is 2.21 bits per heavy atom. The number of nitrogens with zero attached hydrogens (tertiary/aromatic N) is 2. The number of hydrogen-bond donors (Lipinski definition) is 1. The van der Waals surface area contributed by atoms with E-state index in [4.69, 9.17) is 0 Å². The highest BCUT2D eigenvalue weighted by atomic mass is 19.1. The summed E-state index contributed by atoms with van der Waals surface area (Å²) < 4.78 is 13.9. The lowest BCUT2D eigenvalue weighted by atomic mass is 9.90. The molecule has 0 spiro atoms. The van der Waals surface area contributed by atoms with Gasteiger partial charge in [-0.2, -0.15) is 0 Å². The smallest absolute Gasteiger partial charge is 0.118 e. The molecule has 2 fully saturated rings. The van der Waals surface area contributed by atoms with Gasteiger partial charge in [0.1, 0.15) is 5.67 Å². The largest absolute Gasteiger partial charge is 0.386 e. The molecule has 1 N–H and O–H groups in total. The summed E-state index contributed by atoms with van der Waals surface area (Å²) in [7, 11) is 0. The predicted octanol–water partition coefficient (Wildman–Crippen LogP) is 6.14. The number of alkyl halides is 1. The summed E-state index contributed by atoms with van der Waals surface area (Å²) in [5.74, 6) is 0.757. The highest BCUT2D eigenvalue weighted by Gasteiger charge is 2.25. The minimum absolute atomic E-state index is 0.557. The number of aryl methyl sites for hydroxylation is 1. The Morgan fingerprint density at radius 2 is 1.62 bits per heavy atom. The van der Waals surface area contributed by atoms with Crippen LogP contribution in [0.1, 0.15) is 44.2 Å². The first-order chi connectivity index (χ1) is 16.3. The lowest BCUT2D eigenvalue weighted by Gasteiger charge is -2.34. The van der Waals surface area contributed by atoms with Gasteiger partial charge in [0, 0.05) is 31.0 Å². The number of piperidine rings is 1. The summed E-state index contributed by atoms with van der Waals surface area (Å²) in [6.45, 7) is 17.0. The van der Waals surface area contributed by atoms with Crippen molar-refractivity contribution >= 4 is 5.70 Å². The fourth-order valence-corrected chi connectivity index (χ4v) is 5.20. The van der Waals surface area contributed by atoms with E-state index in [-0.39, 0.29) is 0 Å². The zero-order valence-corrected chi connectivity index (χ0v) is 21.0. The monoisotopic (exact) mass is 461 g/mol. The standard InChI is InChI=1S/C30H40FN3/c1-23-21-34(20-17-32-23)24(2)27-11-13-29(14-12-27)28-9-7-25(8-10-28)5-6-26-15-18-33(19-16-26)22-30(3,4)31/h7-14,26,32H,1-2,5-6,15-22H2,3-4H3. The van der Waals surface area contributed by atoms with Crippen molar-refractivity contribution in [3.05, 3.63) is 78.5 Å². The molecule has 0 saturated carbocycles. The first kappa shape index (κ1) is 24.5. The first-order valence-corrected chi connectivity index (χ1v) is 12.7. The quantitative estimate of drug-likeness (QED) is 0.510. The molecular formula is C30H40FN3. The van der Waals surface area contributed by atoms with Gasteiger partial charge in [-0.3, -0.25) is 0 Å². The van der Waals surface area contributed by atoms with Gasteiger partial charge < -0.3 is 15.1 Å². The molecule has 0 aromatic heterocycles. The van der Waals surface area contributed by atoms with Crippen LogP contribution in [-0.4, -0.2) is 54.7 Å². The zero-order valence-electron chi connectivity index (χ0n) is 21.0. The number of nitrogens with one attached hydrogen (secondary N) is 1. The normalized spacial score (nSPS) is 18.1. The van der Waals surface area contributed by atoms with Gasteiger partial charge in [-0.05, 0) is 80.8 Å². The topological polar surface area (TPSA) is 18.5 Å². The number of halogens is 1. The van der Waals surface area contributed by atoms with Crippen molar-refractivity contribution in [3.63, 3.8) is 0 Å². The lowest BCUT2D eigenvalue weighted by Crippen LogP contribution is -2.41. The van der Waals surface area contributed by atoms with Gasteiger partial charge in [-0.1, -0.05) is 61.7 Å². The van der Waals surface area contributed by atoms with Crippen LogP contribution in [0.2, 0.25) is 0 Å². The zero-order chi connectivity index (χ0) is 24.1. The van der Waals surface area contributed by atoms with E-state index < -0.39 is 5.67 Å². The van der Waals surface area contributed by atoms with Crippen molar-refractivity contribution in [3.8, 4) is 11.1 Å². The van der Waals surface area contributed by atoms with E-state index in [0.29, 0.717) is 6.54 Å². The van der Waals surface area contributed by atoms with E-state index in [9.17, 15) is 4.39 Å². The highest BCUT2D eigenvalue weighted by molar-refractivity contribution is 5.69. The summed E-state index contributed by atoms with van der Waals surface area (Å²) in [5.41, 5.74) is 6.06. The van der Waals surface area contributed by atoms with Gasteiger partial charge in [0.05, 0.1) is 6.54 Å². The van der Waals surface area contributed by atoms with Crippen molar-refractivity contribution in [1.29, 1.82) is 0 Å². The van der Waals surface area contributed by atoms with Gasteiger partial charge in [0.25, 0.3) is 0 Å². The molecule has 182 valence electrons. The van der Waals surface area contributed by atoms with Crippen molar-refractivity contribution in [2.45, 2.75) is 45.2 Å². The number of benzene rings is 2. The Morgan fingerprint density at radius 1 is 1.00 bits per heavy atom. The molecule has 2 heterocycles. The third-order valence-electron chi connectivity index (χ3n) is 7.17. The molecule has 0 aliphatic carbocycles. The molecule has 0 unspecified atom stereocenters. The Bertz CT molecular complexity index is 964. The second kappa shape index (κ2) is 10.8. The van der Waals surface area contributed by atoms with Gasteiger partial charge in [-0.25, -0.2) is 4.39 Å². The van der Waals surface area contributed by atoms with Crippen LogP contribution < -0.4 is 5.32 Å². The molecule has 34 heavy (non-hydrogen) atoms. The summed E-state index contributed by atoms with van der Waals surface area (Å²) in [4.78, 5) is 4.57. The molecule has 0 radical (unpaired) electrons. The van der Waals surface area contributed by atoms with Crippen LogP contribution in [0.15, 0.2) is 67.4 Å². The number of rotatable bonds is 8. The molecule has 2 saturated heterocycles. The summed E-state index contributed by atoms with van der Waals surface area (Å²) in [6.07, 6.45) is 4.72. The Kier molecular flexibility index (Phi) is 7.77. The summed E-state index contributed by atoms with van der Waals surface area (Å²) in [5, 5.41) is 3.30. The number of hydrogen-bond acceptors (Lipinski definition) is 3. The molecule has 3 nitrogen and oxygen atoms in total. The molecule has 2 aromatic carbocycles. The lowest BCUT2D eigenvalue weighted by molar-refractivity contribution is 0.0943. The van der Waals surface area contributed by atoms with E-state index in [1.54, 1.807) is 13.8 Å². The van der Waals surface area contributed by atoms with E-state index in [0.717, 1.165) is 62.0 Å². The van der Waals surface area contributed by atoms with Crippen LogP contribution in [0.3, 0.4) is 0 Å². The summed E-state index contributed by atoms with van der Waals surface area (Å²) in [6, 6.07) is 17.8. The Balaban J connectivity index is 1.27. The fourth-order valence-electron chi connectivity index (χ4n) is 5.20. The molecule has 2 aromatic rings. The molecule has 0 bridgehead atoms. The maximum Gasteiger partial charge on any atom is 0.118 e. The van der Waals surface area contributed by atoms with Crippen LogP contribution in [-0.2, 0) is 6.42 Å². The second-order valence-corrected chi connectivity index (χ2v) is 10.6. The molecule has 4 rings (SSSR count). The molecule has 0 amide bonds. The van der Waals surface area contributed by atoms with Crippen molar-refractivity contribution in [2.75, 3.05) is 39.3 Å². The minimum Gasteiger partial charge on any atom is -0.386 e. The van der Waals surface area contributed by atoms with Crippen molar-refractivity contribution in [2.24, 2.45) is 5.92 Å². The van der Waals surface area contributed by atoms with Crippen molar-refractivity contribution in [1.82, 2.24) is 15.1 Å². The maximum absolute atomic E-state index is 13.9. The second-order valence-electron chi connectivity index (χ2n) is 10.6. The van der Waals surface area contributed by atoms with Crippen LogP contribution in [0, 0.1) is 5.92 Å². The average Bonchev–Trinajstić information content (AvgIpc) is 2.83. The third kappa shape index (κ3) is 6.73. The van der Waals surface area contributed by atoms with Crippen LogP contribution in [0.4, 0.5) is 4.39 Å². The molecule has 4 heteroatoms. The molecule has 2 aliphatic rings. The Labute approximate surface area is 205 Å². The number of likely N-dealkylation sites (tertiary alicyclic amines) is 1. The molecule has 0 atom stereocenters. The van der Waals surface area contributed by atoms with Crippen LogP contribution in [0.25, 0.3) is 16.8 Å². The van der Waals surface area contributed by atoms with E-state index in [2.05, 4.69) is 76.8 Å². The van der Waals surface area contributed by atoms with Gasteiger partial charge >= 0.3 is 0 Å². The molecular weight excluding hydrogens is 421 g/mol. The highest BCUT2D eigenvalue weighted by Crippen LogP contribution is 2.27. The fraction of sp³-hybridized carbons (Fsp3) is 0.467. The van der Waals surface area contributed by atoms with E-state index in [1.165, 1.54) is 36.0 Å². The number of piperazine rings is 1. The van der Waals surface area contributed by atoms with E-state index >= 15 is 0 Å². The first-order valence-electron chi connectivity index (χ1n) is 12.7. The van der Waals surface area contributed by atoms with Gasteiger partial charge in [0.2, 0.25) is 0 Å². The summed E-state index contributed by atoms with van der Waals surface area (Å²) >= 11 is 0. The van der Waals surface area contributed by atoms with E-state index in [1.807, 2.05) is 0 Å². The predicted molar refractivity (Wildman–Crippen MR) is 142 cm³/mol. The maximum atomic E-state index is 13.9. The minimum atomic E-state index is -1.09. The van der Waals surface area contributed by atoms with Gasteiger partial charge in [0.15, 0.2) is 0 Å². The van der Waals surface area contributed by atoms with Gasteiger partial charge in [-0.15, -0.1) is 0 Å². The molecule has 2 aliphatic heterocycles. The van der Waals surface area contributed by atoms with Crippen LogP contribution in [0.5, 0.6) is 0 Å². The average molecular weight is 462 g/mol. The Hall–Kier alpha value is -2.59. The third-order valence-corrected chi connectivity index (χ3v) is 7.17.